The molecule has 2 fully saturated rings. The predicted octanol–water partition coefficient (Wildman–Crippen LogP) is 3.15. The van der Waals surface area contributed by atoms with Crippen LogP contribution in [0.15, 0.2) is 0 Å². The van der Waals surface area contributed by atoms with E-state index >= 15 is 0 Å². The molecule has 0 bridgehead atoms. The molecule has 114 valence electrons. The van der Waals surface area contributed by atoms with Crippen molar-refractivity contribution < 1.29 is 0 Å². The highest BCUT2D eigenvalue weighted by atomic mass is 35.5. The maximum Gasteiger partial charge on any atom is 0.0900 e. The van der Waals surface area contributed by atoms with Crippen molar-refractivity contribution in [3.05, 3.63) is 15.6 Å². The minimum absolute atomic E-state index is 0. The summed E-state index contributed by atoms with van der Waals surface area (Å²) in [7, 11) is 0. The summed E-state index contributed by atoms with van der Waals surface area (Å²) in [4.78, 5) is 8.58. The molecule has 5 heteroatoms. The van der Waals surface area contributed by atoms with Crippen LogP contribution in [0.1, 0.15) is 41.3 Å². The lowest BCUT2D eigenvalue weighted by Crippen LogP contribution is -2.42. The zero-order valence-electron chi connectivity index (χ0n) is 12.5. The van der Waals surface area contributed by atoms with E-state index in [1.165, 1.54) is 60.9 Å². The molecule has 1 aromatic rings. The summed E-state index contributed by atoms with van der Waals surface area (Å²) in [5.74, 6) is 1.00. The highest BCUT2D eigenvalue weighted by Crippen LogP contribution is 2.28. The van der Waals surface area contributed by atoms with Crippen LogP contribution >= 0.6 is 23.7 Å². The van der Waals surface area contributed by atoms with Crippen LogP contribution in [0.3, 0.4) is 0 Å². The summed E-state index contributed by atoms with van der Waals surface area (Å²) < 4.78 is 0. The van der Waals surface area contributed by atoms with Gasteiger partial charge in [0.25, 0.3) is 0 Å². The van der Waals surface area contributed by atoms with Crippen LogP contribution in [-0.4, -0.2) is 35.6 Å². The SMILES string of the molecule is Cc1nc(C)c(CN2CCC(NCC3CC3)CC2)s1.Cl. The Morgan fingerprint density at radius 3 is 2.45 bits per heavy atom. The third kappa shape index (κ3) is 4.42. The molecule has 0 spiro atoms. The second-order valence-corrected chi connectivity index (χ2v) is 7.43. The van der Waals surface area contributed by atoms with E-state index in [4.69, 9.17) is 0 Å². The average molecular weight is 316 g/mol. The second kappa shape index (κ2) is 7.21. The molecule has 0 radical (unpaired) electrons. The van der Waals surface area contributed by atoms with Gasteiger partial charge in [0.15, 0.2) is 0 Å². The normalized spacial score (nSPS) is 20.9. The van der Waals surface area contributed by atoms with E-state index < -0.39 is 0 Å². The van der Waals surface area contributed by atoms with Crippen LogP contribution < -0.4 is 5.32 Å². The minimum Gasteiger partial charge on any atom is -0.314 e. The van der Waals surface area contributed by atoms with Gasteiger partial charge in [0.2, 0.25) is 0 Å². The topological polar surface area (TPSA) is 28.2 Å². The fourth-order valence-corrected chi connectivity index (χ4v) is 3.85. The molecule has 0 unspecified atom stereocenters. The standard InChI is InChI=1S/C15H25N3S.ClH/c1-11-15(19-12(2)17-11)10-18-7-5-14(6-8-18)16-9-13-3-4-13;/h13-14,16H,3-10H2,1-2H3;1H. The Kier molecular flexibility index (Phi) is 5.84. The first-order valence-corrected chi connectivity index (χ1v) is 8.41. The van der Waals surface area contributed by atoms with Crippen LogP contribution in [0.4, 0.5) is 0 Å². The van der Waals surface area contributed by atoms with Crippen molar-refractivity contribution in [3.8, 4) is 0 Å². The first-order chi connectivity index (χ1) is 9.20. The molecule has 1 aromatic heterocycles. The smallest absolute Gasteiger partial charge is 0.0900 e. The van der Waals surface area contributed by atoms with Crippen molar-refractivity contribution in [1.82, 2.24) is 15.2 Å². The van der Waals surface area contributed by atoms with Crippen molar-refractivity contribution in [2.75, 3.05) is 19.6 Å². The molecule has 0 amide bonds. The third-order valence-electron chi connectivity index (χ3n) is 4.35. The number of aryl methyl sites for hydroxylation is 2. The molecule has 1 aliphatic carbocycles. The van der Waals surface area contributed by atoms with Gasteiger partial charge in [0, 0.05) is 30.6 Å². The Balaban J connectivity index is 0.00000147. The lowest BCUT2D eigenvalue weighted by atomic mass is 10.0. The molecule has 2 heterocycles. The number of rotatable bonds is 5. The number of nitrogens with zero attached hydrogens (tertiary/aromatic N) is 2. The number of halogens is 1. The quantitative estimate of drug-likeness (QED) is 0.904. The highest BCUT2D eigenvalue weighted by Gasteiger charge is 2.24. The molecule has 1 saturated carbocycles. The molecule has 3 nitrogen and oxygen atoms in total. The number of nitrogens with one attached hydrogen (secondary N) is 1. The molecule has 1 aliphatic heterocycles. The maximum absolute atomic E-state index is 4.53. The summed E-state index contributed by atoms with van der Waals surface area (Å²) in [5, 5.41) is 4.95. The van der Waals surface area contributed by atoms with Crippen LogP contribution in [-0.2, 0) is 6.54 Å². The fraction of sp³-hybridized carbons (Fsp3) is 0.800. The summed E-state index contributed by atoms with van der Waals surface area (Å²) in [5.41, 5.74) is 1.23. The van der Waals surface area contributed by atoms with Gasteiger partial charge in [-0.3, -0.25) is 4.90 Å². The van der Waals surface area contributed by atoms with Crippen molar-refractivity contribution in [1.29, 1.82) is 0 Å². The Morgan fingerprint density at radius 1 is 1.20 bits per heavy atom. The van der Waals surface area contributed by atoms with Crippen molar-refractivity contribution in [3.63, 3.8) is 0 Å². The third-order valence-corrected chi connectivity index (χ3v) is 5.40. The van der Waals surface area contributed by atoms with Gasteiger partial charge >= 0.3 is 0 Å². The molecule has 0 atom stereocenters. The average Bonchev–Trinajstić information content (AvgIpc) is 3.16. The van der Waals surface area contributed by atoms with Gasteiger partial charge in [0.05, 0.1) is 10.7 Å². The number of aromatic nitrogens is 1. The lowest BCUT2D eigenvalue weighted by molar-refractivity contribution is 0.191. The number of thiazole rings is 1. The van der Waals surface area contributed by atoms with Gasteiger partial charge in [-0.05, 0) is 52.0 Å². The summed E-state index contributed by atoms with van der Waals surface area (Å²) in [6.07, 6.45) is 5.53. The molecule has 20 heavy (non-hydrogen) atoms. The zero-order valence-corrected chi connectivity index (χ0v) is 14.2. The number of likely N-dealkylation sites (tertiary alicyclic amines) is 1. The van der Waals surface area contributed by atoms with Crippen LogP contribution in [0.5, 0.6) is 0 Å². The Hall–Kier alpha value is -0.160. The van der Waals surface area contributed by atoms with Gasteiger partial charge in [-0.15, -0.1) is 23.7 Å². The van der Waals surface area contributed by atoms with Gasteiger partial charge in [-0.2, -0.15) is 0 Å². The van der Waals surface area contributed by atoms with Gasteiger partial charge in [-0.1, -0.05) is 0 Å². The van der Waals surface area contributed by atoms with Crippen LogP contribution in [0.2, 0.25) is 0 Å². The van der Waals surface area contributed by atoms with E-state index in [2.05, 4.69) is 29.0 Å². The zero-order chi connectivity index (χ0) is 13.2. The van der Waals surface area contributed by atoms with E-state index in [1.54, 1.807) is 0 Å². The summed E-state index contributed by atoms with van der Waals surface area (Å²) in [6.45, 7) is 9.08. The second-order valence-electron chi connectivity index (χ2n) is 6.14. The molecule has 2 aliphatic rings. The van der Waals surface area contributed by atoms with Crippen molar-refractivity contribution in [2.24, 2.45) is 5.92 Å². The van der Waals surface area contributed by atoms with E-state index in [1.807, 2.05) is 11.3 Å². The summed E-state index contributed by atoms with van der Waals surface area (Å²) >= 11 is 1.86. The van der Waals surface area contributed by atoms with E-state index in [0.29, 0.717) is 0 Å². The van der Waals surface area contributed by atoms with Crippen molar-refractivity contribution in [2.45, 2.75) is 52.1 Å². The van der Waals surface area contributed by atoms with E-state index in [-0.39, 0.29) is 12.4 Å². The van der Waals surface area contributed by atoms with Gasteiger partial charge in [0.1, 0.15) is 0 Å². The Morgan fingerprint density at radius 2 is 1.90 bits per heavy atom. The molecular weight excluding hydrogens is 290 g/mol. The largest absolute Gasteiger partial charge is 0.314 e. The highest BCUT2D eigenvalue weighted by molar-refractivity contribution is 7.11. The Bertz CT molecular complexity index is 423. The number of hydrogen-bond donors (Lipinski definition) is 1. The van der Waals surface area contributed by atoms with Crippen LogP contribution in [0.25, 0.3) is 0 Å². The number of piperidine rings is 1. The van der Waals surface area contributed by atoms with Crippen molar-refractivity contribution >= 4 is 23.7 Å². The summed E-state index contributed by atoms with van der Waals surface area (Å²) in [6, 6.07) is 0.765. The molecule has 0 aromatic carbocycles. The number of hydrogen-bond acceptors (Lipinski definition) is 4. The predicted molar refractivity (Wildman–Crippen MR) is 87.9 cm³/mol. The Labute approximate surface area is 132 Å². The van der Waals surface area contributed by atoms with E-state index in [9.17, 15) is 0 Å². The first-order valence-electron chi connectivity index (χ1n) is 7.59. The first kappa shape index (κ1) is 16.2. The fourth-order valence-electron chi connectivity index (χ4n) is 2.87. The lowest BCUT2D eigenvalue weighted by Gasteiger charge is -2.32. The van der Waals surface area contributed by atoms with Gasteiger partial charge in [-0.25, -0.2) is 4.98 Å². The molecule has 3 rings (SSSR count). The maximum atomic E-state index is 4.53. The molecule has 1 N–H and O–H groups in total. The minimum atomic E-state index is 0. The molecular formula is C15H26ClN3S. The van der Waals surface area contributed by atoms with Crippen LogP contribution in [0, 0.1) is 19.8 Å². The van der Waals surface area contributed by atoms with E-state index in [0.717, 1.165) is 18.5 Å². The molecule has 1 saturated heterocycles. The monoisotopic (exact) mass is 315 g/mol. The van der Waals surface area contributed by atoms with Gasteiger partial charge < -0.3 is 5.32 Å².